The van der Waals surface area contributed by atoms with Crippen molar-refractivity contribution >= 4 is 0 Å². The molecule has 0 radical (unpaired) electrons. The van der Waals surface area contributed by atoms with Crippen molar-refractivity contribution in [3.05, 3.63) is 11.9 Å². The van der Waals surface area contributed by atoms with E-state index < -0.39 is 0 Å². The van der Waals surface area contributed by atoms with Crippen molar-refractivity contribution in [1.82, 2.24) is 20.7 Å². The van der Waals surface area contributed by atoms with E-state index in [1.165, 1.54) is 0 Å². The Morgan fingerprint density at radius 1 is 1.46 bits per heavy atom. The van der Waals surface area contributed by atoms with Gasteiger partial charge in [-0.05, 0) is 19.4 Å². The molecule has 1 aromatic rings. The molecule has 1 unspecified atom stereocenters. The van der Waals surface area contributed by atoms with E-state index in [0.29, 0.717) is 6.04 Å². The van der Waals surface area contributed by atoms with Gasteiger partial charge in [-0.25, -0.2) is 0 Å². The molecule has 0 aliphatic rings. The lowest BCUT2D eigenvalue weighted by molar-refractivity contribution is 0.483. The molecule has 1 atom stereocenters. The average Bonchev–Trinajstić information content (AvgIpc) is 2.65. The average molecular weight is 182 g/mol. The molecule has 2 N–H and O–H groups in total. The molecule has 0 aliphatic carbocycles. The van der Waals surface area contributed by atoms with E-state index >= 15 is 0 Å². The summed E-state index contributed by atoms with van der Waals surface area (Å²) >= 11 is 0. The van der Waals surface area contributed by atoms with E-state index in [2.05, 4.69) is 34.6 Å². The van der Waals surface area contributed by atoms with Crippen LogP contribution in [0.15, 0.2) is 6.20 Å². The van der Waals surface area contributed by atoms with Crippen LogP contribution in [0.5, 0.6) is 0 Å². The fraction of sp³-hybridized carbons (Fsp3) is 0.778. The van der Waals surface area contributed by atoms with Gasteiger partial charge in [-0.1, -0.05) is 20.3 Å². The molecule has 0 saturated carbocycles. The largest absolute Gasteiger partial charge is 0.309 e. The molecule has 13 heavy (non-hydrogen) atoms. The maximum absolute atomic E-state index is 4.09. The summed E-state index contributed by atoms with van der Waals surface area (Å²) in [6, 6.07) is 0.365. The van der Waals surface area contributed by atoms with Crippen LogP contribution in [0.25, 0.3) is 0 Å². The fourth-order valence-corrected chi connectivity index (χ4v) is 1.34. The number of nitrogens with one attached hydrogen (secondary N) is 2. The lowest BCUT2D eigenvalue weighted by Crippen LogP contribution is -2.22. The first kappa shape index (κ1) is 10.2. The third-order valence-electron chi connectivity index (χ3n) is 2.01. The van der Waals surface area contributed by atoms with Gasteiger partial charge in [0.2, 0.25) is 0 Å². The van der Waals surface area contributed by atoms with Gasteiger partial charge in [0.05, 0.1) is 17.9 Å². The molecular weight excluding hydrogens is 164 g/mol. The van der Waals surface area contributed by atoms with Crippen LogP contribution in [-0.4, -0.2) is 22.0 Å². The van der Waals surface area contributed by atoms with Gasteiger partial charge < -0.3 is 5.32 Å². The van der Waals surface area contributed by atoms with Crippen molar-refractivity contribution in [3.8, 4) is 0 Å². The SMILES string of the molecule is CCCNC(CCC)c1cn[nH]n1. The highest BCUT2D eigenvalue weighted by atomic mass is 15.3. The molecule has 1 aromatic heterocycles. The normalized spacial score (nSPS) is 13.1. The first-order chi connectivity index (χ1) is 6.38. The van der Waals surface area contributed by atoms with E-state index in [1.54, 1.807) is 6.20 Å². The Morgan fingerprint density at radius 2 is 2.31 bits per heavy atom. The molecule has 4 nitrogen and oxygen atoms in total. The van der Waals surface area contributed by atoms with Crippen LogP contribution in [0.2, 0.25) is 0 Å². The Hall–Kier alpha value is -0.900. The van der Waals surface area contributed by atoms with E-state index in [4.69, 9.17) is 0 Å². The second-order valence-corrected chi connectivity index (χ2v) is 3.19. The summed E-state index contributed by atoms with van der Waals surface area (Å²) in [6.45, 7) is 5.39. The molecule has 4 heteroatoms. The summed E-state index contributed by atoms with van der Waals surface area (Å²) in [5.41, 5.74) is 1.02. The number of aromatic amines is 1. The van der Waals surface area contributed by atoms with E-state index in [-0.39, 0.29) is 0 Å². The molecule has 1 rings (SSSR count). The summed E-state index contributed by atoms with van der Waals surface area (Å²) in [5.74, 6) is 0. The molecule has 0 aliphatic heterocycles. The zero-order valence-electron chi connectivity index (χ0n) is 8.38. The predicted octanol–water partition coefficient (Wildman–Crippen LogP) is 1.65. The Labute approximate surface area is 79.1 Å². The molecule has 0 saturated heterocycles. The quantitative estimate of drug-likeness (QED) is 0.703. The van der Waals surface area contributed by atoms with Crippen molar-refractivity contribution in [3.63, 3.8) is 0 Å². The van der Waals surface area contributed by atoms with Crippen molar-refractivity contribution in [2.45, 2.75) is 39.2 Å². The molecule has 0 bridgehead atoms. The molecule has 0 amide bonds. The maximum atomic E-state index is 4.09. The van der Waals surface area contributed by atoms with E-state index in [1.807, 2.05) is 0 Å². The Morgan fingerprint density at radius 3 is 2.85 bits per heavy atom. The van der Waals surface area contributed by atoms with Gasteiger partial charge in [0.25, 0.3) is 0 Å². The number of nitrogens with zero attached hydrogens (tertiary/aromatic N) is 2. The van der Waals surface area contributed by atoms with E-state index in [9.17, 15) is 0 Å². The molecular formula is C9H18N4. The highest BCUT2D eigenvalue weighted by Crippen LogP contribution is 2.14. The van der Waals surface area contributed by atoms with Gasteiger partial charge in [0.15, 0.2) is 0 Å². The number of hydrogen-bond acceptors (Lipinski definition) is 3. The Kier molecular flexibility index (Phi) is 4.46. The Bertz CT molecular complexity index is 207. The summed E-state index contributed by atoms with van der Waals surface area (Å²) in [4.78, 5) is 0. The van der Waals surface area contributed by atoms with Crippen LogP contribution in [0.4, 0.5) is 0 Å². The van der Waals surface area contributed by atoms with Crippen molar-refractivity contribution in [1.29, 1.82) is 0 Å². The monoisotopic (exact) mass is 182 g/mol. The minimum atomic E-state index is 0.365. The maximum Gasteiger partial charge on any atom is 0.0993 e. The second-order valence-electron chi connectivity index (χ2n) is 3.19. The van der Waals surface area contributed by atoms with Crippen LogP contribution < -0.4 is 5.32 Å². The number of rotatable bonds is 6. The van der Waals surface area contributed by atoms with Crippen LogP contribution in [0, 0.1) is 0 Å². The second kappa shape index (κ2) is 5.70. The zero-order chi connectivity index (χ0) is 9.52. The molecule has 0 fully saturated rings. The predicted molar refractivity (Wildman–Crippen MR) is 52.3 cm³/mol. The number of hydrogen-bond donors (Lipinski definition) is 2. The lowest BCUT2D eigenvalue weighted by atomic mass is 10.1. The first-order valence-electron chi connectivity index (χ1n) is 4.97. The Balaban J connectivity index is 2.47. The lowest BCUT2D eigenvalue weighted by Gasteiger charge is -2.14. The van der Waals surface area contributed by atoms with Gasteiger partial charge in [0.1, 0.15) is 0 Å². The first-order valence-corrected chi connectivity index (χ1v) is 4.97. The van der Waals surface area contributed by atoms with Gasteiger partial charge >= 0.3 is 0 Å². The van der Waals surface area contributed by atoms with Crippen molar-refractivity contribution in [2.75, 3.05) is 6.54 Å². The highest BCUT2D eigenvalue weighted by Gasteiger charge is 2.11. The number of H-pyrrole nitrogens is 1. The van der Waals surface area contributed by atoms with Crippen LogP contribution in [-0.2, 0) is 0 Å². The third kappa shape index (κ3) is 3.14. The highest BCUT2D eigenvalue weighted by molar-refractivity contribution is 4.99. The topological polar surface area (TPSA) is 53.6 Å². The summed E-state index contributed by atoms with van der Waals surface area (Å²) in [5, 5.41) is 14.0. The summed E-state index contributed by atoms with van der Waals surface area (Å²) in [6.07, 6.45) is 5.22. The van der Waals surface area contributed by atoms with Gasteiger partial charge in [-0.15, -0.1) is 0 Å². The zero-order valence-corrected chi connectivity index (χ0v) is 8.38. The van der Waals surface area contributed by atoms with Gasteiger partial charge in [-0.2, -0.15) is 15.4 Å². The van der Waals surface area contributed by atoms with Crippen LogP contribution in [0.3, 0.4) is 0 Å². The molecule has 0 spiro atoms. The van der Waals surface area contributed by atoms with Gasteiger partial charge in [-0.3, -0.25) is 0 Å². The minimum absolute atomic E-state index is 0.365. The minimum Gasteiger partial charge on any atom is -0.309 e. The summed E-state index contributed by atoms with van der Waals surface area (Å²) < 4.78 is 0. The van der Waals surface area contributed by atoms with Gasteiger partial charge in [0, 0.05) is 0 Å². The third-order valence-corrected chi connectivity index (χ3v) is 2.01. The van der Waals surface area contributed by atoms with Crippen LogP contribution in [0.1, 0.15) is 44.8 Å². The standard InChI is InChI=1S/C9H18N4/c1-3-5-8(10-6-4-2)9-7-11-13-12-9/h7-8,10H,3-6H2,1-2H3,(H,11,12,13). The van der Waals surface area contributed by atoms with E-state index in [0.717, 1.165) is 31.5 Å². The fourth-order valence-electron chi connectivity index (χ4n) is 1.34. The number of aromatic nitrogens is 3. The van der Waals surface area contributed by atoms with Crippen LogP contribution >= 0.6 is 0 Å². The van der Waals surface area contributed by atoms with Crippen molar-refractivity contribution in [2.24, 2.45) is 0 Å². The molecule has 1 heterocycles. The van der Waals surface area contributed by atoms with Crippen molar-refractivity contribution < 1.29 is 0 Å². The smallest absolute Gasteiger partial charge is 0.0993 e. The molecule has 0 aromatic carbocycles. The molecule has 74 valence electrons. The summed E-state index contributed by atoms with van der Waals surface area (Å²) in [7, 11) is 0.